The van der Waals surface area contributed by atoms with E-state index in [4.69, 9.17) is 27.9 Å². The third-order valence-electron chi connectivity index (χ3n) is 4.73. The van der Waals surface area contributed by atoms with Crippen LogP contribution in [0.1, 0.15) is 39.1 Å². The summed E-state index contributed by atoms with van der Waals surface area (Å²) < 4.78 is 7.85. The number of nitrogens with one attached hydrogen (secondary N) is 1. The van der Waals surface area contributed by atoms with Gasteiger partial charge in [-0.1, -0.05) is 67.9 Å². The molecule has 0 fully saturated rings. The molecule has 0 aliphatic rings. The minimum Gasteiger partial charge on any atom is -0.486 e. The second kappa shape index (κ2) is 10.6. The van der Waals surface area contributed by atoms with E-state index < -0.39 is 0 Å². The van der Waals surface area contributed by atoms with Crippen LogP contribution in [0.4, 0.5) is 5.69 Å². The number of thioether (sulfide) groups is 1. The van der Waals surface area contributed by atoms with Gasteiger partial charge in [-0.3, -0.25) is 4.79 Å². The van der Waals surface area contributed by atoms with Crippen molar-refractivity contribution in [2.45, 2.75) is 51.4 Å². The number of rotatable bonds is 8. The van der Waals surface area contributed by atoms with Crippen molar-refractivity contribution in [3.63, 3.8) is 0 Å². The van der Waals surface area contributed by atoms with Gasteiger partial charge in [-0.15, -0.1) is 10.2 Å². The molecule has 9 heteroatoms. The summed E-state index contributed by atoms with van der Waals surface area (Å²) in [6.45, 7) is 9.51. The topological polar surface area (TPSA) is 69.0 Å². The summed E-state index contributed by atoms with van der Waals surface area (Å²) in [5.74, 6) is 1.50. The molecule has 0 bridgehead atoms. The predicted octanol–water partition coefficient (Wildman–Crippen LogP) is 6.21. The van der Waals surface area contributed by atoms with E-state index >= 15 is 0 Å². The van der Waals surface area contributed by atoms with E-state index in [1.54, 1.807) is 18.2 Å². The first kappa shape index (κ1) is 24.4. The highest BCUT2D eigenvalue weighted by atomic mass is 35.5. The van der Waals surface area contributed by atoms with Gasteiger partial charge in [0.15, 0.2) is 11.0 Å². The highest BCUT2D eigenvalue weighted by molar-refractivity contribution is 7.99. The highest BCUT2D eigenvalue weighted by Gasteiger charge is 2.15. The van der Waals surface area contributed by atoms with Crippen molar-refractivity contribution >= 4 is 46.6 Å². The first-order valence-corrected chi connectivity index (χ1v) is 11.9. The summed E-state index contributed by atoms with van der Waals surface area (Å²) in [6, 6.07) is 13.1. The predicted molar refractivity (Wildman–Crippen MR) is 131 cm³/mol. The number of hydrogen-bond donors (Lipinski definition) is 1. The van der Waals surface area contributed by atoms with Gasteiger partial charge in [-0.05, 0) is 48.2 Å². The molecule has 0 saturated heterocycles. The van der Waals surface area contributed by atoms with Crippen LogP contribution in [0.25, 0.3) is 0 Å². The van der Waals surface area contributed by atoms with Crippen molar-refractivity contribution in [3.8, 4) is 5.75 Å². The number of nitrogens with zero attached hydrogens (tertiary/aromatic N) is 3. The Bertz CT molecular complexity index is 1080. The summed E-state index contributed by atoms with van der Waals surface area (Å²) >= 11 is 13.2. The van der Waals surface area contributed by atoms with Crippen LogP contribution in [0.3, 0.4) is 0 Å². The van der Waals surface area contributed by atoms with E-state index in [2.05, 4.69) is 48.4 Å². The third kappa shape index (κ3) is 6.40. The van der Waals surface area contributed by atoms with Gasteiger partial charge in [0.2, 0.25) is 5.91 Å². The number of carbonyl (C=O) groups is 1. The molecule has 1 N–H and O–H groups in total. The molecule has 0 aliphatic heterocycles. The average Bonchev–Trinajstić information content (AvgIpc) is 3.15. The largest absolute Gasteiger partial charge is 0.486 e. The summed E-state index contributed by atoms with van der Waals surface area (Å²) in [5.41, 5.74) is 1.94. The summed E-state index contributed by atoms with van der Waals surface area (Å²) in [6.07, 6.45) is 0. The smallest absolute Gasteiger partial charge is 0.234 e. The lowest BCUT2D eigenvalue weighted by Gasteiger charge is -2.19. The second-order valence-corrected chi connectivity index (χ2v) is 9.93. The molecule has 2 aromatic carbocycles. The molecule has 0 unspecified atom stereocenters. The number of hydrogen-bond acceptors (Lipinski definition) is 5. The highest BCUT2D eigenvalue weighted by Crippen LogP contribution is 2.26. The fourth-order valence-corrected chi connectivity index (χ4v) is 4.07. The molecule has 0 radical (unpaired) electrons. The van der Waals surface area contributed by atoms with E-state index in [-0.39, 0.29) is 17.1 Å². The van der Waals surface area contributed by atoms with Crippen molar-refractivity contribution in [3.05, 3.63) is 63.9 Å². The zero-order valence-electron chi connectivity index (χ0n) is 18.5. The fourth-order valence-electron chi connectivity index (χ4n) is 2.95. The zero-order chi connectivity index (χ0) is 23.3. The standard InChI is InChI=1S/C23H26Cl2N4O2S/c1-5-29-20(13-31-17-9-6-15(7-10-17)23(2,3)4)27-28-22(29)32-14-21(30)26-16-8-11-18(24)19(25)12-16/h6-12H,5,13-14H2,1-4H3,(H,26,30). The van der Waals surface area contributed by atoms with Gasteiger partial charge in [-0.2, -0.15) is 0 Å². The van der Waals surface area contributed by atoms with Gasteiger partial charge in [0.25, 0.3) is 0 Å². The van der Waals surface area contributed by atoms with Crippen LogP contribution in [0.5, 0.6) is 5.75 Å². The number of halogens is 2. The van der Waals surface area contributed by atoms with Crippen LogP contribution in [-0.4, -0.2) is 26.4 Å². The van der Waals surface area contributed by atoms with Crippen LogP contribution in [0, 0.1) is 0 Å². The van der Waals surface area contributed by atoms with Gasteiger partial charge in [0, 0.05) is 12.2 Å². The first-order chi connectivity index (χ1) is 15.2. The molecule has 1 heterocycles. The molecular formula is C23H26Cl2N4O2S. The summed E-state index contributed by atoms with van der Waals surface area (Å²) in [5, 5.41) is 12.8. The van der Waals surface area contributed by atoms with Crippen molar-refractivity contribution < 1.29 is 9.53 Å². The number of amides is 1. The maximum atomic E-state index is 12.3. The Hall–Kier alpha value is -2.22. The van der Waals surface area contributed by atoms with E-state index in [1.165, 1.54) is 17.3 Å². The lowest BCUT2D eigenvalue weighted by molar-refractivity contribution is -0.113. The van der Waals surface area contributed by atoms with E-state index in [1.807, 2.05) is 23.6 Å². The minimum atomic E-state index is -0.171. The number of benzene rings is 2. The van der Waals surface area contributed by atoms with Gasteiger partial charge in [0.05, 0.1) is 15.8 Å². The number of ether oxygens (including phenoxy) is 1. The minimum absolute atomic E-state index is 0.0964. The molecule has 0 atom stereocenters. The molecule has 1 aromatic heterocycles. The summed E-state index contributed by atoms with van der Waals surface area (Å²) in [4.78, 5) is 12.3. The summed E-state index contributed by atoms with van der Waals surface area (Å²) in [7, 11) is 0. The Kier molecular flexibility index (Phi) is 8.09. The normalized spacial score (nSPS) is 11.4. The van der Waals surface area contributed by atoms with Crippen molar-refractivity contribution in [1.29, 1.82) is 0 Å². The Labute approximate surface area is 202 Å². The first-order valence-electron chi connectivity index (χ1n) is 10.2. The second-order valence-electron chi connectivity index (χ2n) is 8.17. The SMILES string of the molecule is CCn1c(COc2ccc(C(C)(C)C)cc2)nnc1SCC(=O)Nc1ccc(Cl)c(Cl)c1. The van der Waals surface area contributed by atoms with Crippen LogP contribution >= 0.6 is 35.0 Å². The fraction of sp³-hybridized carbons (Fsp3) is 0.348. The molecule has 170 valence electrons. The maximum absolute atomic E-state index is 12.3. The van der Waals surface area contributed by atoms with Gasteiger partial charge in [0.1, 0.15) is 12.4 Å². The van der Waals surface area contributed by atoms with E-state index in [0.29, 0.717) is 39.9 Å². The molecule has 0 spiro atoms. The van der Waals surface area contributed by atoms with E-state index in [0.717, 1.165) is 5.75 Å². The number of anilines is 1. The monoisotopic (exact) mass is 492 g/mol. The molecule has 6 nitrogen and oxygen atoms in total. The number of aromatic nitrogens is 3. The Morgan fingerprint density at radius 1 is 1.09 bits per heavy atom. The van der Waals surface area contributed by atoms with Gasteiger partial charge < -0.3 is 14.6 Å². The zero-order valence-corrected chi connectivity index (χ0v) is 20.8. The molecule has 3 aromatic rings. The molecule has 32 heavy (non-hydrogen) atoms. The third-order valence-corrected chi connectivity index (χ3v) is 6.44. The van der Waals surface area contributed by atoms with Crippen molar-refractivity contribution in [2.24, 2.45) is 0 Å². The molecule has 0 aliphatic carbocycles. The van der Waals surface area contributed by atoms with Gasteiger partial charge >= 0.3 is 0 Å². The Balaban J connectivity index is 1.57. The molecule has 1 amide bonds. The quantitative estimate of drug-likeness (QED) is 0.378. The Morgan fingerprint density at radius 3 is 2.44 bits per heavy atom. The van der Waals surface area contributed by atoms with Crippen LogP contribution in [-0.2, 0) is 23.4 Å². The molecular weight excluding hydrogens is 467 g/mol. The van der Waals surface area contributed by atoms with Crippen LogP contribution < -0.4 is 10.1 Å². The lowest BCUT2D eigenvalue weighted by Crippen LogP contribution is -2.15. The molecule has 3 rings (SSSR count). The van der Waals surface area contributed by atoms with Gasteiger partial charge in [-0.25, -0.2) is 0 Å². The van der Waals surface area contributed by atoms with Crippen molar-refractivity contribution in [1.82, 2.24) is 14.8 Å². The van der Waals surface area contributed by atoms with Crippen molar-refractivity contribution in [2.75, 3.05) is 11.1 Å². The van der Waals surface area contributed by atoms with Crippen LogP contribution in [0.15, 0.2) is 47.6 Å². The Morgan fingerprint density at radius 2 is 1.81 bits per heavy atom. The number of carbonyl (C=O) groups excluding carboxylic acids is 1. The average molecular weight is 493 g/mol. The van der Waals surface area contributed by atoms with Crippen LogP contribution in [0.2, 0.25) is 10.0 Å². The molecule has 0 saturated carbocycles. The maximum Gasteiger partial charge on any atom is 0.234 e. The lowest BCUT2D eigenvalue weighted by atomic mass is 9.87. The van der Waals surface area contributed by atoms with E-state index in [9.17, 15) is 4.79 Å².